The SMILES string of the molecule is CCCCN(CCCC)CCCC.[OH][Ti]([OH])([OH])[OH]. The monoisotopic (exact) mass is 301 g/mol. The van der Waals surface area contributed by atoms with E-state index in [1.54, 1.807) is 0 Å². The number of hydrogen-bond acceptors (Lipinski definition) is 5. The fourth-order valence-electron chi connectivity index (χ4n) is 1.48. The zero-order valence-corrected chi connectivity index (χ0v) is 13.7. The average Bonchev–Trinajstić information content (AvgIpc) is 2.26. The molecule has 4 N–H and O–H groups in total. The van der Waals surface area contributed by atoms with Crippen molar-refractivity contribution in [3.63, 3.8) is 0 Å². The first kappa shape index (κ1) is 20.8. The molecule has 0 rings (SSSR count). The van der Waals surface area contributed by atoms with E-state index in [4.69, 9.17) is 14.8 Å². The van der Waals surface area contributed by atoms with E-state index < -0.39 is 18.1 Å². The molecular formula is C12H31NO4Ti. The van der Waals surface area contributed by atoms with Crippen molar-refractivity contribution < 1.29 is 32.9 Å². The van der Waals surface area contributed by atoms with Gasteiger partial charge in [-0.15, -0.1) is 0 Å². The van der Waals surface area contributed by atoms with E-state index in [9.17, 15) is 0 Å². The van der Waals surface area contributed by atoms with Crippen molar-refractivity contribution in [1.82, 2.24) is 4.90 Å². The Morgan fingerprint density at radius 3 is 1.06 bits per heavy atom. The van der Waals surface area contributed by atoms with Gasteiger partial charge in [-0.05, 0) is 38.9 Å². The van der Waals surface area contributed by atoms with E-state index in [1.165, 1.54) is 58.2 Å². The molecule has 0 aromatic rings. The molecule has 0 amide bonds. The molecule has 0 aromatic carbocycles. The molecule has 0 aromatic heterocycles. The predicted molar refractivity (Wildman–Crippen MR) is 70.0 cm³/mol. The Morgan fingerprint density at radius 2 is 0.889 bits per heavy atom. The summed E-state index contributed by atoms with van der Waals surface area (Å²) in [5.74, 6) is 0. The minimum absolute atomic E-state index is 1.32. The third-order valence-electron chi connectivity index (χ3n) is 2.48. The van der Waals surface area contributed by atoms with Crippen LogP contribution in [-0.2, 0) is 18.1 Å². The van der Waals surface area contributed by atoms with Gasteiger partial charge in [-0.1, -0.05) is 40.0 Å². The third kappa shape index (κ3) is 25.4. The van der Waals surface area contributed by atoms with Gasteiger partial charge in [0, 0.05) is 0 Å². The van der Waals surface area contributed by atoms with E-state index in [0.717, 1.165) is 0 Å². The maximum atomic E-state index is 7.38. The Balaban J connectivity index is 0. The van der Waals surface area contributed by atoms with Crippen LogP contribution in [0, 0.1) is 0 Å². The van der Waals surface area contributed by atoms with Crippen LogP contribution < -0.4 is 0 Å². The molecule has 0 saturated heterocycles. The van der Waals surface area contributed by atoms with Crippen LogP contribution in [0.2, 0.25) is 0 Å². The summed E-state index contributed by atoms with van der Waals surface area (Å²) in [4.78, 5) is 2.64. The van der Waals surface area contributed by atoms with Gasteiger partial charge in [0.15, 0.2) is 0 Å². The second kappa shape index (κ2) is 13.9. The van der Waals surface area contributed by atoms with Crippen molar-refractivity contribution >= 4 is 0 Å². The number of nitrogens with zero attached hydrogens (tertiary/aromatic N) is 1. The first-order valence-electron chi connectivity index (χ1n) is 6.96. The van der Waals surface area contributed by atoms with Gasteiger partial charge >= 0.3 is 32.9 Å². The summed E-state index contributed by atoms with van der Waals surface area (Å²) in [5.41, 5.74) is 0. The van der Waals surface area contributed by atoms with Crippen LogP contribution in [0.4, 0.5) is 0 Å². The molecule has 0 aliphatic heterocycles. The molecule has 0 atom stereocenters. The minimum atomic E-state index is -5.00. The Bertz CT molecular complexity index is 140. The summed E-state index contributed by atoms with van der Waals surface area (Å²) in [6.45, 7) is 10.8. The van der Waals surface area contributed by atoms with Crippen LogP contribution in [0.15, 0.2) is 0 Å². The quantitative estimate of drug-likeness (QED) is 0.485. The summed E-state index contributed by atoms with van der Waals surface area (Å²) in [5, 5.41) is 0. The van der Waals surface area contributed by atoms with Gasteiger partial charge in [-0.25, -0.2) is 0 Å². The summed E-state index contributed by atoms with van der Waals surface area (Å²) < 4.78 is 29.5. The van der Waals surface area contributed by atoms with Crippen LogP contribution in [0.25, 0.3) is 0 Å². The molecule has 0 aliphatic rings. The number of unbranched alkanes of at least 4 members (excludes halogenated alkanes) is 3. The first-order chi connectivity index (χ1) is 8.35. The zero-order valence-electron chi connectivity index (χ0n) is 12.1. The zero-order chi connectivity index (χ0) is 14.4. The third-order valence-corrected chi connectivity index (χ3v) is 2.48. The second-order valence-electron chi connectivity index (χ2n) is 4.50. The summed E-state index contributed by atoms with van der Waals surface area (Å²) in [6, 6.07) is 0. The van der Waals surface area contributed by atoms with Crippen LogP contribution in [0.5, 0.6) is 0 Å². The van der Waals surface area contributed by atoms with Crippen molar-refractivity contribution in [2.24, 2.45) is 0 Å². The Morgan fingerprint density at radius 1 is 0.667 bits per heavy atom. The van der Waals surface area contributed by atoms with Crippen LogP contribution in [-0.4, -0.2) is 39.3 Å². The number of rotatable bonds is 9. The molecule has 6 heteroatoms. The molecule has 112 valence electrons. The van der Waals surface area contributed by atoms with Gasteiger partial charge < -0.3 is 4.90 Å². The molecule has 18 heavy (non-hydrogen) atoms. The van der Waals surface area contributed by atoms with Crippen molar-refractivity contribution in [3.8, 4) is 0 Å². The van der Waals surface area contributed by atoms with Crippen molar-refractivity contribution in [1.29, 1.82) is 0 Å². The molecule has 0 aliphatic carbocycles. The summed E-state index contributed by atoms with van der Waals surface area (Å²) in [7, 11) is 0. The molecule has 0 radical (unpaired) electrons. The van der Waals surface area contributed by atoms with Gasteiger partial charge in [-0.3, -0.25) is 0 Å². The van der Waals surface area contributed by atoms with Gasteiger partial charge in [0.25, 0.3) is 0 Å². The van der Waals surface area contributed by atoms with Gasteiger partial charge in [0.05, 0.1) is 0 Å². The molecule has 0 saturated carbocycles. The Labute approximate surface area is 117 Å². The fourth-order valence-corrected chi connectivity index (χ4v) is 1.48. The fraction of sp³-hybridized carbons (Fsp3) is 1.00. The number of hydrogen-bond donors (Lipinski definition) is 4. The van der Waals surface area contributed by atoms with E-state index >= 15 is 0 Å². The van der Waals surface area contributed by atoms with E-state index in [-0.39, 0.29) is 0 Å². The normalized spacial score (nSPS) is 11.3. The molecule has 0 bridgehead atoms. The van der Waals surface area contributed by atoms with Gasteiger partial charge in [0.2, 0.25) is 0 Å². The maximum absolute atomic E-state index is 7.38. The molecule has 0 unspecified atom stereocenters. The molecule has 0 heterocycles. The van der Waals surface area contributed by atoms with Gasteiger partial charge in [-0.2, -0.15) is 0 Å². The topological polar surface area (TPSA) is 84.2 Å². The molecule has 0 fully saturated rings. The van der Waals surface area contributed by atoms with E-state index in [1.807, 2.05) is 0 Å². The Hall–Kier alpha value is 0.514. The van der Waals surface area contributed by atoms with E-state index in [0.29, 0.717) is 0 Å². The van der Waals surface area contributed by atoms with Crippen molar-refractivity contribution in [2.45, 2.75) is 59.3 Å². The molecular weight excluding hydrogens is 270 g/mol. The Kier molecular flexibility index (Phi) is 16.1. The van der Waals surface area contributed by atoms with Crippen molar-refractivity contribution in [2.75, 3.05) is 19.6 Å². The van der Waals surface area contributed by atoms with E-state index in [2.05, 4.69) is 25.7 Å². The van der Waals surface area contributed by atoms with Crippen LogP contribution in [0.1, 0.15) is 59.3 Å². The average molecular weight is 301 g/mol. The molecule has 5 nitrogen and oxygen atoms in total. The summed E-state index contributed by atoms with van der Waals surface area (Å²) in [6.07, 6.45) is 8.09. The molecule has 0 spiro atoms. The second-order valence-corrected chi connectivity index (χ2v) is 6.38. The van der Waals surface area contributed by atoms with Crippen molar-refractivity contribution in [3.05, 3.63) is 0 Å². The van der Waals surface area contributed by atoms with Gasteiger partial charge in [0.1, 0.15) is 0 Å². The summed E-state index contributed by atoms with van der Waals surface area (Å²) >= 11 is -5.00. The van der Waals surface area contributed by atoms with Crippen LogP contribution in [0.3, 0.4) is 0 Å². The first-order valence-corrected chi connectivity index (χ1v) is 9.76. The predicted octanol–water partition coefficient (Wildman–Crippen LogP) is 1.46. The van der Waals surface area contributed by atoms with Crippen LogP contribution >= 0.6 is 0 Å². The standard InChI is InChI=1S/C12H27N.4H2O.Ti/c1-4-7-10-13(11-8-5-2)12-9-6-3;;;;;/h4-12H2,1-3H3;4*1H2;/q;;;;;+4/p-4.